The smallest absolute Gasteiger partial charge is 0.323 e. The van der Waals surface area contributed by atoms with Gasteiger partial charge in [-0.25, -0.2) is 4.79 Å². The average molecular weight is 380 g/mol. The molecule has 0 radical (unpaired) electrons. The second-order valence-electron chi connectivity index (χ2n) is 6.16. The van der Waals surface area contributed by atoms with Crippen LogP contribution in [0.1, 0.15) is 5.56 Å². The number of carbonyl (C=O) groups excluding carboxylic acids is 1. The first-order valence-electron chi connectivity index (χ1n) is 8.53. The van der Waals surface area contributed by atoms with Crippen LogP contribution in [0.15, 0.2) is 52.9 Å². The standard InChI is InChI=1S/C19H16N4O3S/c24-18(22-14-5-6-16-17(9-14)26-11-25-16)21-13-3-1-12(2-4-13)15-10-27-19-20-7-8-23(15)19/h1-6,9-10H,7-8,11H2,(H2,21,22,24). The van der Waals surface area contributed by atoms with Crippen molar-refractivity contribution in [2.75, 3.05) is 30.5 Å². The fourth-order valence-corrected chi connectivity index (χ4v) is 4.10. The van der Waals surface area contributed by atoms with Crippen LogP contribution in [0.2, 0.25) is 0 Å². The van der Waals surface area contributed by atoms with Crippen molar-refractivity contribution in [3.63, 3.8) is 0 Å². The highest BCUT2D eigenvalue weighted by molar-refractivity contribution is 8.16. The largest absolute Gasteiger partial charge is 0.454 e. The minimum Gasteiger partial charge on any atom is -0.454 e. The Labute approximate surface area is 160 Å². The number of thioether (sulfide) groups is 1. The van der Waals surface area contributed by atoms with Gasteiger partial charge in [-0.2, -0.15) is 0 Å². The van der Waals surface area contributed by atoms with Crippen LogP contribution >= 0.6 is 11.8 Å². The lowest BCUT2D eigenvalue weighted by atomic mass is 10.1. The van der Waals surface area contributed by atoms with E-state index < -0.39 is 0 Å². The van der Waals surface area contributed by atoms with E-state index in [0.29, 0.717) is 17.2 Å². The summed E-state index contributed by atoms with van der Waals surface area (Å²) in [6.45, 7) is 1.97. The molecule has 2 aromatic rings. The number of nitrogens with zero attached hydrogens (tertiary/aromatic N) is 2. The molecule has 0 aromatic heterocycles. The first kappa shape index (κ1) is 16.1. The van der Waals surface area contributed by atoms with E-state index in [2.05, 4.69) is 25.9 Å². The number of nitrogens with one attached hydrogen (secondary N) is 2. The molecule has 0 unspecified atom stereocenters. The first-order valence-corrected chi connectivity index (χ1v) is 9.41. The Morgan fingerprint density at radius 3 is 2.70 bits per heavy atom. The number of benzene rings is 2. The summed E-state index contributed by atoms with van der Waals surface area (Å²) < 4.78 is 10.6. The SMILES string of the molecule is O=C(Nc1ccc(C2=CSC3=NCCN23)cc1)Nc1ccc2c(c1)OCO2. The third kappa shape index (κ3) is 3.08. The van der Waals surface area contributed by atoms with Crippen molar-refractivity contribution in [3.8, 4) is 11.5 Å². The zero-order valence-corrected chi connectivity index (χ0v) is 15.1. The van der Waals surface area contributed by atoms with E-state index in [9.17, 15) is 4.79 Å². The summed E-state index contributed by atoms with van der Waals surface area (Å²) in [7, 11) is 0. The maximum Gasteiger partial charge on any atom is 0.323 e. The third-order valence-corrected chi connectivity index (χ3v) is 5.34. The summed E-state index contributed by atoms with van der Waals surface area (Å²) in [5, 5.41) is 8.82. The molecule has 3 aliphatic rings. The van der Waals surface area contributed by atoms with Crippen LogP contribution in [0.5, 0.6) is 11.5 Å². The highest BCUT2D eigenvalue weighted by Crippen LogP contribution is 2.36. The van der Waals surface area contributed by atoms with Gasteiger partial charge in [0.1, 0.15) is 0 Å². The second-order valence-corrected chi connectivity index (χ2v) is 7.00. The molecule has 136 valence electrons. The van der Waals surface area contributed by atoms with E-state index in [-0.39, 0.29) is 12.8 Å². The monoisotopic (exact) mass is 380 g/mol. The minimum absolute atomic E-state index is 0.205. The number of hydrogen-bond donors (Lipinski definition) is 2. The van der Waals surface area contributed by atoms with E-state index in [4.69, 9.17) is 9.47 Å². The molecule has 0 bridgehead atoms. The van der Waals surface area contributed by atoms with Crippen molar-refractivity contribution in [2.24, 2.45) is 4.99 Å². The molecule has 8 heteroatoms. The van der Waals surface area contributed by atoms with E-state index >= 15 is 0 Å². The lowest BCUT2D eigenvalue weighted by Crippen LogP contribution is -2.20. The quantitative estimate of drug-likeness (QED) is 0.848. The maximum absolute atomic E-state index is 12.2. The number of hydrogen-bond acceptors (Lipinski definition) is 6. The first-order chi connectivity index (χ1) is 13.3. The zero-order chi connectivity index (χ0) is 18.2. The number of anilines is 2. The Balaban J connectivity index is 1.23. The van der Waals surface area contributed by atoms with Crippen molar-refractivity contribution in [3.05, 3.63) is 53.4 Å². The maximum atomic E-state index is 12.2. The number of aliphatic imine (C=N–C) groups is 1. The normalized spacial score (nSPS) is 16.7. The molecule has 27 heavy (non-hydrogen) atoms. The number of amides is 2. The molecule has 7 nitrogen and oxygen atoms in total. The highest BCUT2D eigenvalue weighted by atomic mass is 32.2. The number of ether oxygens (including phenoxy) is 2. The summed E-state index contributed by atoms with van der Waals surface area (Å²) in [5.74, 6) is 1.31. The topological polar surface area (TPSA) is 75.2 Å². The molecule has 0 spiro atoms. The van der Waals surface area contributed by atoms with E-state index in [1.807, 2.05) is 24.3 Å². The van der Waals surface area contributed by atoms with Gasteiger partial charge in [0.05, 0.1) is 12.2 Å². The van der Waals surface area contributed by atoms with Gasteiger partial charge in [-0.3, -0.25) is 4.99 Å². The van der Waals surface area contributed by atoms with Gasteiger partial charge in [-0.05, 0) is 29.8 Å². The molecule has 2 aromatic carbocycles. The van der Waals surface area contributed by atoms with Gasteiger partial charge in [-0.1, -0.05) is 23.9 Å². The fourth-order valence-electron chi connectivity index (χ4n) is 3.14. The van der Waals surface area contributed by atoms with Gasteiger partial charge < -0.3 is 25.0 Å². The van der Waals surface area contributed by atoms with Crippen molar-refractivity contribution >= 4 is 40.0 Å². The molecule has 3 aliphatic heterocycles. The summed E-state index contributed by atoms with van der Waals surface area (Å²) >= 11 is 1.66. The number of rotatable bonds is 3. The molecule has 3 heterocycles. The van der Waals surface area contributed by atoms with Gasteiger partial charge in [0.15, 0.2) is 16.7 Å². The summed E-state index contributed by atoms with van der Waals surface area (Å²) in [4.78, 5) is 18.9. The number of carbonyl (C=O) groups is 1. The van der Waals surface area contributed by atoms with Crippen molar-refractivity contribution in [1.82, 2.24) is 4.90 Å². The Hall–Kier alpha value is -3.13. The van der Waals surface area contributed by atoms with Crippen molar-refractivity contribution in [1.29, 1.82) is 0 Å². The Bertz CT molecular complexity index is 971. The summed E-state index contributed by atoms with van der Waals surface area (Å²) in [6.07, 6.45) is 0. The van der Waals surface area contributed by atoms with Crippen LogP contribution in [-0.4, -0.2) is 36.0 Å². The van der Waals surface area contributed by atoms with Crippen LogP contribution in [0.3, 0.4) is 0 Å². The van der Waals surface area contributed by atoms with Gasteiger partial charge in [0, 0.05) is 29.4 Å². The molecule has 0 saturated heterocycles. The number of urea groups is 1. The van der Waals surface area contributed by atoms with Gasteiger partial charge >= 0.3 is 6.03 Å². The predicted molar refractivity (Wildman–Crippen MR) is 106 cm³/mol. The zero-order valence-electron chi connectivity index (χ0n) is 14.3. The van der Waals surface area contributed by atoms with Crippen LogP contribution in [0, 0.1) is 0 Å². The second kappa shape index (κ2) is 6.55. The Kier molecular flexibility index (Phi) is 3.90. The van der Waals surface area contributed by atoms with Gasteiger partial charge in [0.25, 0.3) is 0 Å². The lowest BCUT2D eigenvalue weighted by molar-refractivity contribution is 0.174. The summed E-state index contributed by atoms with van der Waals surface area (Å²) in [5.41, 5.74) is 3.63. The Morgan fingerprint density at radius 2 is 1.81 bits per heavy atom. The number of amidine groups is 1. The molecule has 2 amide bonds. The van der Waals surface area contributed by atoms with Gasteiger partial charge in [-0.15, -0.1) is 0 Å². The molecular weight excluding hydrogens is 364 g/mol. The summed E-state index contributed by atoms with van der Waals surface area (Å²) in [6, 6.07) is 12.8. The molecule has 0 aliphatic carbocycles. The van der Waals surface area contributed by atoms with Crippen LogP contribution < -0.4 is 20.1 Å². The van der Waals surface area contributed by atoms with Crippen LogP contribution in [0.25, 0.3) is 5.70 Å². The highest BCUT2D eigenvalue weighted by Gasteiger charge is 2.26. The van der Waals surface area contributed by atoms with Gasteiger partial charge in [0.2, 0.25) is 6.79 Å². The van der Waals surface area contributed by atoms with Crippen molar-refractivity contribution in [2.45, 2.75) is 0 Å². The third-order valence-electron chi connectivity index (χ3n) is 4.44. The van der Waals surface area contributed by atoms with Crippen LogP contribution in [0.4, 0.5) is 16.2 Å². The van der Waals surface area contributed by atoms with E-state index in [0.717, 1.165) is 35.2 Å². The fraction of sp³-hybridized carbons (Fsp3) is 0.158. The number of fused-ring (bicyclic) bond motifs is 2. The van der Waals surface area contributed by atoms with E-state index in [1.165, 1.54) is 0 Å². The Morgan fingerprint density at radius 1 is 1.04 bits per heavy atom. The molecule has 5 rings (SSSR count). The molecule has 0 fully saturated rings. The van der Waals surface area contributed by atoms with Crippen LogP contribution in [-0.2, 0) is 0 Å². The van der Waals surface area contributed by atoms with Crippen molar-refractivity contribution < 1.29 is 14.3 Å². The van der Waals surface area contributed by atoms with E-state index in [1.54, 1.807) is 30.0 Å². The average Bonchev–Trinajstić information content (AvgIpc) is 3.38. The predicted octanol–water partition coefficient (Wildman–Crippen LogP) is 3.78. The minimum atomic E-state index is -0.314. The molecular formula is C19H16N4O3S. The molecule has 0 atom stereocenters. The lowest BCUT2D eigenvalue weighted by Gasteiger charge is -2.17. The molecule has 2 N–H and O–H groups in total. The molecule has 0 saturated carbocycles.